The van der Waals surface area contributed by atoms with Crippen LogP contribution in [0.3, 0.4) is 0 Å². The minimum absolute atomic E-state index is 0.248. The Bertz CT molecular complexity index is 445. The fraction of sp³-hybridized carbons (Fsp3) is 0.364. The molecular formula is C11H11F4NO2. The lowest BCUT2D eigenvalue weighted by atomic mass is 10.00. The number of carbonyl (C=O) groups excluding carboxylic acids is 1. The summed E-state index contributed by atoms with van der Waals surface area (Å²) in [6.07, 6.45) is -5.07. The van der Waals surface area contributed by atoms with Gasteiger partial charge in [0.25, 0.3) is 0 Å². The molecule has 0 aliphatic heterocycles. The number of carbonyl (C=O) groups is 1. The van der Waals surface area contributed by atoms with E-state index in [1.54, 1.807) is 0 Å². The maximum absolute atomic E-state index is 12.8. The molecule has 1 atom stereocenters. The van der Waals surface area contributed by atoms with E-state index in [-0.39, 0.29) is 12.0 Å². The Balaban J connectivity index is 3.06. The Hall–Kier alpha value is -1.63. The van der Waals surface area contributed by atoms with Crippen LogP contribution in [0.4, 0.5) is 17.6 Å². The number of ether oxygens (including phenoxy) is 1. The minimum atomic E-state index is -4.70. The van der Waals surface area contributed by atoms with E-state index in [0.29, 0.717) is 6.07 Å². The molecule has 0 aliphatic rings. The molecule has 3 nitrogen and oxygen atoms in total. The van der Waals surface area contributed by atoms with Crippen LogP contribution in [0.1, 0.15) is 11.1 Å². The fourth-order valence-corrected chi connectivity index (χ4v) is 1.46. The monoisotopic (exact) mass is 265 g/mol. The SMILES string of the molecule is COC(=O)[C@@H](N)Cc1ccc(F)cc1C(F)(F)F. The molecular weight excluding hydrogens is 254 g/mol. The molecule has 100 valence electrons. The quantitative estimate of drug-likeness (QED) is 0.670. The van der Waals surface area contributed by atoms with Crippen LogP contribution in [0.2, 0.25) is 0 Å². The smallest absolute Gasteiger partial charge is 0.416 e. The number of halogens is 4. The number of benzene rings is 1. The van der Waals surface area contributed by atoms with Gasteiger partial charge in [-0.15, -0.1) is 0 Å². The first-order valence-electron chi connectivity index (χ1n) is 4.94. The lowest BCUT2D eigenvalue weighted by Gasteiger charge is -2.15. The van der Waals surface area contributed by atoms with Gasteiger partial charge in [-0.1, -0.05) is 6.07 Å². The third kappa shape index (κ3) is 3.43. The summed E-state index contributed by atoms with van der Waals surface area (Å²) in [6, 6.07) is 0.996. The van der Waals surface area contributed by atoms with Gasteiger partial charge in [-0.2, -0.15) is 13.2 Å². The Morgan fingerprint density at radius 1 is 1.44 bits per heavy atom. The fourth-order valence-electron chi connectivity index (χ4n) is 1.46. The molecule has 0 aromatic heterocycles. The van der Waals surface area contributed by atoms with Gasteiger partial charge in [-0.3, -0.25) is 4.79 Å². The molecule has 0 spiro atoms. The minimum Gasteiger partial charge on any atom is -0.468 e. The first-order chi connectivity index (χ1) is 8.25. The highest BCUT2D eigenvalue weighted by molar-refractivity contribution is 5.75. The summed E-state index contributed by atoms with van der Waals surface area (Å²) in [6.45, 7) is 0. The molecule has 1 rings (SSSR count). The maximum atomic E-state index is 12.8. The van der Waals surface area contributed by atoms with Crippen LogP contribution in [0.5, 0.6) is 0 Å². The number of rotatable bonds is 3. The van der Waals surface area contributed by atoms with E-state index in [2.05, 4.69) is 4.74 Å². The van der Waals surface area contributed by atoms with Crippen molar-refractivity contribution in [3.05, 3.63) is 35.1 Å². The van der Waals surface area contributed by atoms with Crippen LogP contribution >= 0.6 is 0 Å². The van der Waals surface area contributed by atoms with Gasteiger partial charge in [0, 0.05) is 0 Å². The van der Waals surface area contributed by atoms with Crippen LogP contribution < -0.4 is 5.73 Å². The first-order valence-corrected chi connectivity index (χ1v) is 4.94. The molecule has 0 bridgehead atoms. The van der Waals surface area contributed by atoms with Crippen LogP contribution in [0.25, 0.3) is 0 Å². The number of methoxy groups -OCH3 is 1. The van der Waals surface area contributed by atoms with E-state index in [9.17, 15) is 22.4 Å². The predicted octanol–water partition coefficient (Wildman–Crippen LogP) is 1.89. The Morgan fingerprint density at radius 3 is 2.56 bits per heavy atom. The van der Waals surface area contributed by atoms with E-state index in [4.69, 9.17) is 5.73 Å². The average molecular weight is 265 g/mol. The summed E-state index contributed by atoms with van der Waals surface area (Å²) >= 11 is 0. The summed E-state index contributed by atoms with van der Waals surface area (Å²) in [5.41, 5.74) is 3.99. The summed E-state index contributed by atoms with van der Waals surface area (Å²) in [7, 11) is 1.08. The Kier molecular flexibility index (Phi) is 4.28. The second-order valence-corrected chi connectivity index (χ2v) is 3.63. The van der Waals surface area contributed by atoms with Crippen molar-refractivity contribution < 1.29 is 27.1 Å². The molecule has 0 radical (unpaired) electrons. The van der Waals surface area contributed by atoms with Gasteiger partial charge in [0.15, 0.2) is 0 Å². The van der Waals surface area contributed by atoms with Crippen LogP contribution in [0.15, 0.2) is 18.2 Å². The molecule has 0 saturated carbocycles. The molecule has 0 aliphatic carbocycles. The highest BCUT2D eigenvalue weighted by atomic mass is 19.4. The molecule has 0 heterocycles. The Labute approximate surface area is 101 Å². The van der Waals surface area contributed by atoms with Crippen LogP contribution in [-0.4, -0.2) is 19.1 Å². The van der Waals surface area contributed by atoms with Crippen LogP contribution in [-0.2, 0) is 22.1 Å². The van der Waals surface area contributed by atoms with Gasteiger partial charge in [-0.25, -0.2) is 4.39 Å². The zero-order chi connectivity index (χ0) is 13.9. The molecule has 1 aromatic carbocycles. The molecule has 1 aromatic rings. The molecule has 2 N–H and O–H groups in total. The van der Waals surface area contributed by atoms with Crippen molar-refractivity contribution in [3.63, 3.8) is 0 Å². The normalized spacial score (nSPS) is 13.2. The topological polar surface area (TPSA) is 52.3 Å². The summed E-state index contributed by atoms with van der Waals surface area (Å²) in [5, 5.41) is 0. The largest absolute Gasteiger partial charge is 0.468 e. The second kappa shape index (κ2) is 5.34. The lowest BCUT2D eigenvalue weighted by molar-refractivity contribution is -0.143. The lowest BCUT2D eigenvalue weighted by Crippen LogP contribution is -2.34. The van der Waals surface area contributed by atoms with Gasteiger partial charge in [0.2, 0.25) is 0 Å². The first kappa shape index (κ1) is 14.4. The van der Waals surface area contributed by atoms with Crippen molar-refractivity contribution in [2.75, 3.05) is 7.11 Å². The van der Waals surface area contributed by atoms with Gasteiger partial charge >= 0.3 is 12.1 Å². The summed E-state index contributed by atoms with van der Waals surface area (Å²) < 4.78 is 55.0. The number of hydrogen-bond donors (Lipinski definition) is 1. The maximum Gasteiger partial charge on any atom is 0.416 e. The number of hydrogen-bond acceptors (Lipinski definition) is 3. The molecule has 0 fully saturated rings. The zero-order valence-electron chi connectivity index (χ0n) is 9.42. The Morgan fingerprint density at radius 2 is 2.06 bits per heavy atom. The molecule has 7 heteroatoms. The van der Waals surface area contributed by atoms with Crippen LogP contribution in [0, 0.1) is 5.82 Å². The van der Waals surface area contributed by atoms with Crippen molar-refractivity contribution >= 4 is 5.97 Å². The molecule has 18 heavy (non-hydrogen) atoms. The number of alkyl halides is 3. The summed E-state index contributed by atoms with van der Waals surface area (Å²) in [5.74, 6) is -1.83. The average Bonchev–Trinajstić information content (AvgIpc) is 2.28. The molecule has 0 unspecified atom stereocenters. The van der Waals surface area contributed by atoms with Crippen molar-refractivity contribution in [1.29, 1.82) is 0 Å². The summed E-state index contributed by atoms with van der Waals surface area (Å²) in [4.78, 5) is 11.0. The predicted molar refractivity (Wildman–Crippen MR) is 55.1 cm³/mol. The standard InChI is InChI=1S/C11H11F4NO2/c1-18-10(17)9(16)4-6-2-3-7(12)5-8(6)11(13,14)15/h2-3,5,9H,4,16H2,1H3/t9-/m0/s1. The second-order valence-electron chi connectivity index (χ2n) is 3.63. The third-order valence-electron chi connectivity index (χ3n) is 2.32. The van der Waals surface area contributed by atoms with E-state index in [1.165, 1.54) is 0 Å². The molecule has 0 saturated heterocycles. The van der Waals surface area contributed by atoms with Gasteiger partial charge in [0.1, 0.15) is 11.9 Å². The van der Waals surface area contributed by atoms with E-state index < -0.39 is 29.6 Å². The van der Waals surface area contributed by atoms with E-state index in [0.717, 1.165) is 19.2 Å². The van der Waals surface area contributed by atoms with E-state index >= 15 is 0 Å². The highest BCUT2D eigenvalue weighted by Gasteiger charge is 2.34. The van der Waals surface area contributed by atoms with Gasteiger partial charge < -0.3 is 10.5 Å². The molecule has 0 amide bonds. The van der Waals surface area contributed by atoms with Crippen molar-refractivity contribution in [3.8, 4) is 0 Å². The van der Waals surface area contributed by atoms with Crippen molar-refractivity contribution in [2.45, 2.75) is 18.6 Å². The third-order valence-corrected chi connectivity index (χ3v) is 2.32. The van der Waals surface area contributed by atoms with Gasteiger partial charge in [0.05, 0.1) is 12.7 Å². The van der Waals surface area contributed by atoms with Crippen molar-refractivity contribution in [2.24, 2.45) is 5.73 Å². The zero-order valence-corrected chi connectivity index (χ0v) is 9.42. The number of esters is 1. The number of nitrogens with two attached hydrogens (primary N) is 1. The van der Waals surface area contributed by atoms with E-state index in [1.807, 2.05) is 0 Å². The van der Waals surface area contributed by atoms with Crippen molar-refractivity contribution in [1.82, 2.24) is 0 Å². The van der Waals surface area contributed by atoms with Gasteiger partial charge in [-0.05, 0) is 24.1 Å². The highest BCUT2D eigenvalue weighted by Crippen LogP contribution is 2.33.